The van der Waals surface area contributed by atoms with Crippen LogP contribution in [0.15, 0.2) is 34.5 Å². The minimum absolute atomic E-state index is 0.00854. The Hall–Kier alpha value is -1.77. The summed E-state index contributed by atoms with van der Waals surface area (Å²) in [5.74, 6) is -0.373. The Balaban J connectivity index is 1.76. The van der Waals surface area contributed by atoms with Gasteiger partial charge in [-0.1, -0.05) is 18.9 Å². The average Bonchev–Trinajstić information content (AvgIpc) is 3.19. The summed E-state index contributed by atoms with van der Waals surface area (Å²) >= 11 is 1.33. The van der Waals surface area contributed by atoms with E-state index in [0.717, 1.165) is 31.4 Å². The van der Waals surface area contributed by atoms with Gasteiger partial charge in [-0.25, -0.2) is 18.1 Å². The number of rotatable bonds is 5. The molecular weight excluding hydrogens is 346 g/mol. The zero-order chi connectivity index (χ0) is 17.2. The van der Waals surface area contributed by atoms with E-state index in [1.54, 1.807) is 12.1 Å². The number of aromatic nitrogens is 1. The number of amides is 1. The summed E-state index contributed by atoms with van der Waals surface area (Å²) in [7, 11) is -3.61. The minimum atomic E-state index is -3.61. The van der Waals surface area contributed by atoms with Crippen LogP contribution in [-0.4, -0.2) is 25.4 Å². The molecule has 3 rings (SSSR count). The summed E-state index contributed by atoms with van der Waals surface area (Å²) in [6.45, 7) is 1.84. The van der Waals surface area contributed by atoms with Gasteiger partial charge in [-0.05, 0) is 38.0 Å². The molecule has 128 valence electrons. The molecule has 1 fully saturated rings. The Morgan fingerprint density at radius 3 is 2.71 bits per heavy atom. The molecule has 2 aromatic rings. The normalized spacial score (nSPS) is 15.5. The summed E-state index contributed by atoms with van der Waals surface area (Å²) in [6, 6.07) is 6.05. The van der Waals surface area contributed by atoms with Gasteiger partial charge >= 0.3 is 0 Å². The van der Waals surface area contributed by atoms with Crippen molar-refractivity contribution in [1.29, 1.82) is 0 Å². The fourth-order valence-electron chi connectivity index (χ4n) is 2.72. The van der Waals surface area contributed by atoms with Gasteiger partial charge in [0.15, 0.2) is 5.13 Å². The minimum Gasteiger partial charge on any atom is -0.298 e. The van der Waals surface area contributed by atoms with Crippen molar-refractivity contribution in [3.8, 4) is 0 Å². The van der Waals surface area contributed by atoms with Crippen LogP contribution in [0.2, 0.25) is 0 Å². The van der Waals surface area contributed by atoms with Crippen LogP contribution in [0.1, 0.15) is 41.7 Å². The van der Waals surface area contributed by atoms with Crippen LogP contribution >= 0.6 is 11.3 Å². The molecule has 0 aliphatic heterocycles. The standard InChI is InChI=1S/C16H19N3O3S2/c1-11-10-23-16(17-11)18-15(20)12-5-4-8-14(9-12)24(21,22)19-13-6-2-3-7-13/h4-5,8-10,13,19H,2-3,6-7H2,1H3,(H,17,18,20). The number of aryl methyl sites for hydroxylation is 1. The first kappa shape index (κ1) is 17.1. The van der Waals surface area contributed by atoms with Crippen molar-refractivity contribution in [1.82, 2.24) is 9.71 Å². The van der Waals surface area contributed by atoms with Gasteiger partial charge in [0.25, 0.3) is 5.91 Å². The molecule has 1 aromatic heterocycles. The number of carbonyl (C=O) groups excluding carboxylic acids is 1. The second kappa shape index (κ2) is 7.00. The van der Waals surface area contributed by atoms with Crippen molar-refractivity contribution in [2.45, 2.75) is 43.5 Å². The predicted molar refractivity (Wildman–Crippen MR) is 93.8 cm³/mol. The third-order valence-corrected chi connectivity index (χ3v) is 6.32. The molecule has 1 aliphatic rings. The van der Waals surface area contributed by atoms with Crippen LogP contribution < -0.4 is 10.0 Å². The van der Waals surface area contributed by atoms with Crippen molar-refractivity contribution in [3.63, 3.8) is 0 Å². The van der Waals surface area contributed by atoms with Crippen LogP contribution in [0.25, 0.3) is 0 Å². The monoisotopic (exact) mass is 365 g/mol. The highest BCUT2D eigenvalue weighted by Gasteiger charge is 2.23. The maximum atomic E-state index is 12.5. The molecule has 8 heteroatoms. The molecular formula is C16H19N3O3S2. The Morgan fingerprint density at radius 2 is 2.04 bits per heavy atom. The number of benzene rings is 1. The van der Waals surface area contributed by atoms with E-state index in [2.05, 4.69) is 15.0 Å². The topological polar surface area (TPSA) is 88.2 Å². The average molecular weight is 365 g/mol. The largest absolute Gasteiger partial charge is 0.298 e. The molecule has 6 nitrogen and oxygen atoms in total. The predicted octanol–water partition coefficient (Wildman–Crippen LogP) is 2.92. The smallest absolute Gasteiger partial charge is 0.257 e. The van der Waals surface area contributed by atoms with Gasteiger partial charge in [-0.3, -0.25) is 10.1 Å². The molecule has 0 saturated heterocycles. The number of hydrogen-bond acceptors (Lipinski definition) is 5. The summed E-state index contributed by atoms with van der Waals surface area (Å²) < 4.78 is 27.7. The van der Waals surface area contributed by atoms with Gasteiger partial charge in [-0.15, -0.1) is 11.3 Å². The summed E-state index contributed by atoms with van der Waals surface area (Å²) in [6.07, 6.45) is 3.82. The van der Waals surface area contributed by atoms with Gasteiger partial charge in [-0.2, -0.15) is 0 Å². The van der Waals surface area contributed by atoms with Crippen LogP contribution in [-0.2, 0) is 10.0 Å². The molecule has 1 aliphatic carbocycles. The SMILES string of the molecule is Cc1csc(NC(=O)c2cccc(S(=O)(=O)NC3CCCC3)c2)n1. The third-order valence-electron chi connectivity index (χ3n) is 3.92. The highest BCUT2D eigenvalue weighted by atomic mass is 32.2. The quantitative estimate of drug-likeness (QED) is 0.853. The molecule has 0 spiro atoms. The highest BCUT2D eigenvalue weighted by molar-refractivity contribution is 7.89. The second-order valence-electron chi connectivity index (χ2n) is 5.88. The number of sulfonamides is 1. The fourth-order valence-corrected chi connectivity index (χ4v) is 4.75. The lowest BCUT2D eigenvalue weighted by atomic mass is 10.2. The van der Waals surface area contributed by atoms with Gasteiger partial charge < -0.3 is 0 Å². The molecule has 0 bridgehead atoms. The first-order valence-corrected chi connectivity index (χ1v) is 10.2. The summed E-state index contributed by atoms with van der Waals surface area (Å²) in [4.78, 5) is 16.6. The summed E-state index contributed by atoms with van der Waals surface area (Å²) in [5, 5.41) is 5.01. The molecule has 0 atom stereocenters. The van der Waals surface area contributed by atoms with Crippen molar-refractivity contribution in [3.05, 3.63) is 40.9 Å². The van der Waals surface area contributed by atoms with Crippen LogP contribution in [0.4, 0.5) is 5.13 Å². The molecule has 0 unspecified atom stereocenters. The van der Waals surface area contributed by atoms with Crippen LogP contribution in [0.3, 0.4) is 0 Å². The molecule has 1 saturated carbocycles. The number of hydrogen-bond donors (Lipinski definition) is 2. The van der Waals surface area contributed by atoms with Crippen molar-refractivity contribution in [2.24, 2.45) is 0 Å². The van der Waals surface area contributed by atoms with E-state index in [4.69, 9.17) is 0 Å². The lowest BCUT2D eigenvalue weighted by Gasteiger charge is -2.13. The molecule has 1 amide bonds. The number of nitrogens with one attached hydrogen (secondary N) is 2. The van der Waals surface area contributed by atoms with E-state index in [0.29, 0.717) is 5.13 Å². The lowest BCUT2D eigenvalue weighted by molar-refractivity contribution is 0.102. The van der Waals surface area contributed by atoms with E-state index in [1.807, 2.05) is 12.3 Å². The first-order chi connectivity index (χ1) is 11.4. The number of nitrogens with zero attached hydrogens (tertiary/aromatic N) is 1. The maximum absolute atomic E-state index is 12.5. The molecule has 1 heterocycles. The summed E-state index contributed by atoms with van der Waals surface area (Å²) in [5.41, 5.74) is 1.12. The van der Waals surface area contributed by atoms with Gasteiger partial charge in [0.05, 0.1) is 10.6 Å². The van der Waals surface area contributed by atoms with E-state index in [9.17, 15) is 13.2 Å². The molecule has 0 radical (unpaired) electrons. The second-order valence-corrected chi connectivity index (χ2v) is 8.45. The molecule has 1 aromatic carbocycles. The van der Waals surface area contributed by atoms with Crippen molar-refractivity contribution >= 4 is 32.4 Å². The van der Waals surface area contributed by atoms with Crippen molar-refractivity contribution < 1.29 is 13.2 Å². The van der Waals surface area contributed by atoms with E-state index in [1.165, 1.54) is 23.5 Å². The van der Waals surface area contributed by atoms with E-state index < -0.39 is 10.0 Å². The van der Waals surface area contributed by atoms with E-state index >= 15 is 0 Å². The fraction of sp³-hybridized carbons (Fsp3) is 0.375. The maximum Gasteiger partial charge on any atom is 0.257 e. The number of carbonyl (C=O) groups is 1. The van der Waals surface area contributed by atoms with Crippen molar-refractivity contribution in [2.75, 3.05) is 5.32 Å². The first-order valence-electron chi connectivity index (χ1n) is 7.80. The third kappa shape index (κ3) is 4.00. The Morgan fingerprint density at radius 1 is 1.29 bits per heavy atom. The zero-order valence-electron chi connectivity index (χ0n) is 13.3. The van der Waals surface area contributed by atoms with Gasteiger partial charge in [0.1, 0.15) is 0 Å². The van der Waals surface area contributed by atoms with Crippen LogP contribution in [0, 0.1) is 6.92 Å². The van der Waals surface area contributed by atoms with Gasteiger partial charge in [0, 0.05) is 17.0 Å². The Kier molecular flexibility index (Phi) is 4.98. The number of anilines is 1. The zero-order valence-corrected chi connectivity index (χ0v) is 14.9. The van der Waals surface area contributed by atoms with Gasteiger partial charge in [0.2, 0.25) is 10.0 Å². The molecule has 2 N–H and O–H groups in total. The molecule has 24 heavy (non-hydrogen) atoms. The number of thiazole rings is 1. The van der Waals surface area contributed by atoms with E-state index in [-0.39, 0.29) is 22.4 Å². The highest BCUT2D eigenvalue weighted by Crippen LogP contribution is 2.21. The lowest BCUT2D eigenvalue weighted by Crippen LogP contribution is -2.32. The Bertz CT molecular complexity index is 840. The Labute approximate surface area is 145 Å². The van der Waals surface area contributed by atoms with Crippen LogP contribution in [0.5, 0.6) is 0 Å².